The summed E-state index contributed by atoms with van der Waals surface area (Å²) in [6.07, 6.45) is 1.56. The summed E-state index contributed by atoms with van der Waals surface area (Å²) in [4.78, 5) is 0. The van der Waals surface area contributed by atoms with Crippen LogP contribution in [0.2, 0.25) is 0 Å². The normalized spacial score (nSPS) is 19.2. The third kappa shape index (κ3) is 1.67. The van der Waals surface area contributed by atoms with E-state index in [9.17, 15) is 8.42 Å². The fourth-order valence-corrected chi connectivity index (χ4v) is 2.60. The fourth-order valence-electron chi connectivity index (χ4n) is 1.63. The summed E-state index contributed by atoms with van der Waals surface area (Å²) in [5, 5.41) is 0. The van der Waals surface area contributed by atoms with Crippen molar-refractivity contribution in [1.29, 1.82) is 0 Å². The molecule has 4 heteroatoms. The molecular weight excluding hydrogens is 200 g/mol. The Morgan fingerprint density at radius 3 is 2.21 bits per heavy atom. The Labute approximate surface area is 83.5 Å². The van der Waals surface area contributed by atoms with Crippen LogP contribution < -0.4 is 0 Å². The first-order chi connectivity index (χ1) is 6.54. The minimum atomic E-state index is -3.89. The van der Waals surface area contributed by atoms with Crippen molar-refractivity contribution < 1.29 is 13.0 Å². The topological polar surface area (TPSA) is 54.4 Å². The van der Waals surface area contributed by atoms with Gasteiger partial charge in [-0.2, -0.15) is 8.42 Å². The van der Waals surface area contributed by atoms with Crippen LogP contribution in [0.1, 0.15) is 18.4 Å². The van der Waals surface area contributed by atoms with Gasteiger partial charge >= 0.3 is 0 Å². The van der Waals surface area contributed by atoms with Crippen LogP contribution in [0, 0.1) is 0 Å². The molecule has 0 atom stereocenters. The van der Waals surface area contributed by atoms with Crippen molar-refractivity contribution in [1.82, 2.24) is 0 Å². The molecule has 0 aromatic heterocycles. The van der Waals surface area contributed by atoms with E-state index in [4.69, 9.17) is 4.55 Å². The average Bonchev–Trinajstić information content (AvgIpc) is 2.86. The Kier molecular flexibility index (Phi) is 2.12. The average molecular weight is 212 g/mol. The first kappa shape index (κ1) is 9.68. The summed E-state index contributed by atoms with van der Waals surface area (Å²) in [5.74, 6) is 0. The van der Waals surface area contributed by atoms with Crippen LogP contribution in [0.15, 0.2) is 30.3 Å². The van der Waals surface area contributed by atoms with E-state index in [0.29, 0.717) is 19.3 Å². The van der Waals surface area contributed by atoms with E-state index in [0.717, 1.165) is 5.56 Å². The summed E-state index contributed by atoms with van der Waals surface area (Å²) < 4.78 is 30.3. The van der Waals surface area contributed by atoms with Gasteiger partial charge in [-0.15, -0.1) is 0 Å². The molecule has 76 valence electrons. The highest BCUT2D eigenvalue weighted by Gasteiger charge is 2.53. The van der Waals surface area contributed by atoms with E-state index in [-0.39, 0.29) is 0 Å². The highest BCUT2D eigenvalue weighted by molar-refractivity contribution is 7.87. The van der Waals surface area contributed by atoms with Crippen LogP contribution >= 0.6 is 0 Å². The van der Waals surface area contributed by atoms with Crippen LogP contribution in [-0.4, -0.2) is 17.7 Å². The molecular formula is C10H12O3S. The van der Waals surface area contributed by atoms with Gasteiger partial charge in [-0.25, -0.2) is 0 Å². The smallest absolute Gasteiger partial charge is 0.270 e. The second-order valence-corrected chi connectivity index (χ2v) is 5.64. The molecule has 0 amide bonds. The van der Waals surface area contributed by atoms with Gasteiger partial charge in [0.25, 0.3) is 10.1 Å². The first-order valence-electron chi connectivity index (χ1n) is 4.54. The molecule has 1 aliphatic carbocycles. The Bertz CT molecular complexity index is 418. The quantitative estimate of drug-likeness (QED) is 0.775. The van der Waals surface area contributed by atoms with E-state index in [1.54, 1.807) is 0 Å². The molecule has 1 saturated carbocycles. The largest absolute Gasteiger partial charge is 0.285 e. The summed E-state index contributed by atoms with van der Waals surface area (Å²) in [6.45, 7) is 0. The van der Waals surface area contributed by atoms with Crippen LogP contribution in [0.25, 0.3) is 0 Å². The van der Waals surface area contributed by atoms with Crippen molar-refractivity contribution in [3.63, 3.8) is 0 Å². The summed E-state index contributed by atoms with van der Waals surface area (Å²) >= 11 is 0. The first-order valence-corrected chi connectivity index (χ1v) is 5.98. The molecule has 1 fully saturated rings. The molecule has 14 heavy (non-hydrogen) atoms. The highest BCUT2D eigenvalue weighted by atomic mass is 32.2. The van der Waals surface area contributed by atoms with E-state index >= 15 is 0 Å². The molecule has 1 aromatic rings. The Balaban J connectivity index is 2.21. The molecule has 1 aliphatic rings. The third-order valence-corrected chi connectivity index (χ3v) is 4.37. The van der Waals surface area contributed by atoms with Crippen LogP contribution in [-0.2, 0) is 16.5 Å². The van der Waals surface area contributed by atoms with Gasteiger partial charge in [-0.1, -0.05) is 30.3 Å². The fraction of sp³-hybridized carbons (Fsp3) is 0.400. The zero-order chi connectivity index (χ0) is 10.2. The summed E-state index contributed by atoms with van der Waals surface area (Å²) in [7, 11) is -3.89. The van der Waals surface area contributed by atoms with Crippen molar-refractivity contribution in [2.75, 3.05) is 0 Å². The SMILES string of the molecule is O=S(=O)(O)C1(Cc2ccccc2)CC1. The van der Waals surface area contributed by atoms with Gasteiger partial charge in [0, 0.05) is 0 Å². The van der Waals surface area contributed by atoms with Crippen LogP contribution in [0.5, 0.6) is 0 Å². The standard InChI is InChI=1S/C10H12O3S/c11-14(12,13)10(6-7-10)8-9-4-2-1-3-5-9/h1-5H,6-8H2,(H,11,12,13). The minimum Gasteiger partial charge on any atom is -0.285 e. The molecule has 0 aliphatic heterocycles. The molecule has 0 saturated heterocycles. The number of benzene rings is 1. The molecule has 0 unspecified atom stereocenters. The second kappa shape index (κ2) is 3.07. The maximum absolute atomic E-state index is 11.1. The lowest BCUT2D eigenvalue weighted by Crippen LogP contribution is -2.24. The van der Waals surface area contributed by atoms with Crippen molar-refractivity contribution in [2.45, 2.75) is 24.0 Å². The third-order valence-electron chi connectivity index (χ3n) is 2.72. The van der Waals surface area contributed by atoms with Crippen LogP contribution in [0.3, 0.4) is 0 Å². The number of hydrogen-bond donors (Lipinski definition) is 1. The van der Waals surface area contributed by atoms with Crippen molar-refractivity contribution in [2.24, 2.45) is 0 Å². The van der Waals surface area contributed by atoms with Gasteiger partial charge in [-0.3, -0.25) is 4.55 Å². The molecule has 0 heterocycles. The molecule has 0 radical (unpaired) electrons. The molecule has 1 N–H and O–H groups in total. The predicted molar refractivity (Wildman–Crippen MR) is 53.7 cm³/mol. The lowest BCUT2D eigenvalue weighted by Gasteiger charge is -2.10. The number of rotatable bonds is 3. The number of hydrogen-bond acceptors (Lipinski definition) is 2. The summed E-state index contributed by atoms with van der Waals surface area (Å²) in [5.41, 5.74) is 0.961. The summed E-state index contributed by atoms with van der Waals surface area (Å²) in [6, 6.07) is 9.39. The van der Waals surface area contributed by atoms with Gasteiger partial charge in [0.1, 0.15) is 4.75 Å². The van der Waals surface area contributed by atoms with E-state index < -0.39 is 14.9 Å². The van der Waals surface area contributed by atoms with Crippen molar-refractivity contribution in [3.8, 4) is 0 Å². The molecule has 3 nitrogen and oxygen atoms in total. The monoisotopic (exact) mass is 212 g/mol. The zero-order valence-electron chi connectivity index (χ0n) is 7.68. The second-order valence-electron chi connectivity index (χ2n) is 3.82. The van der Waals surface area contributed by atoms with Gasteiger partial charge in [-0.05, 0) is 24.8 Å². The van der Waals surface area contributed by atoms with Crippen molar-refractivity contribution >= 4 is 10.1 Å². The minimum absolute atomic E-state index is 0.423. The maximum atomic E-state index is 11.1. The highest BCUT2D eigenvalue weighted by Crippen LogP contribution is 2.45. The maximum Gasteiger partial charge on any atom is 0.270 e. The van der Waals surface area contributed by atoms with Gasteiger partial charge < -0.3 is 0 Å². The molecule has 0 spiro atoms. The Morgan fingerprint density at radius 2 is 1.79 bits per heavy atom. The van der Waals surface area contributed by atoms with E-state index in [1.165, 1.54) is 0 Å². The Morgan fingerprint density at radius 1 is 1.21 bits per heavy atom. The van der Waals surface area contributed by atoms with E-state index in [1.807, 2.05) is 30.3 Å². The van der Waals surface area contributed by atoms with Gasteiger partial charge in [0.15, 0.2) is 0 Å². The van der Waals surface area contributed by atoms with Gasteiger partial charge in [0.2, 0.25) is 0 Å². The van der Waals surface area contributed by atoms with Gasteiger partial charge in [0.05, 0.1) is 0 Å². The van der Waals surface area contributed by atoms with Crippen molar-refractivity contribution in [3.05, 3.63) is 35.9 Å². The van der Waals surface area contributed by atoms with Crippen LogP contribution in [0.4, 0.5) is 0 Å². The molecule has 1 aromatic carbocycles. The lowest BCUT2D eigenvalue weighted by molar-refractivity contribution is 0.462. The molecule has 0 bridgehead atoms. The van der Waals surface area contributed by atoms with E-state index in [2.05, 4.69) is 0 Å². The predicted octanol–water partition coefficient (Wildman–Crippen LogP) is 1.65. The lowest BCUT2D eigenvalue weighted by atomic mass is 10.1. The molecule has 2 rings (SSSR count). The Hall–Kier alpha value is -0.870. The zero-order valence-corrected chi connectivity index (χ0v) is 8.50.